The summed E-state index contributed by atoms with van der Waals surface area (Å²) in [6.07, 6.45) is -0.00197. The number of methoxy groups -OCH3 is 1. The van der Waals surface area contributed by atoms with E-state index in [-0.39, 0.29) is 11.9 Å². The number of furan rings is 1. The van der Waals surface area contributed by atoms with Gasteiger partial charge < -0.3 is 19.2 Å². The number of carbonyl (C=O) groups is 1. The number of rotatable bonds is 3. The van der Waals surface area contributed by atoms with E-state index >= 15 is 0 Å². The van der Waals surface area contributed by atoms with Gasteiger partial charge in [-0.2, -0.15) is 0 Å². The molecule has 1 aromatic heterocycles. The van der Waals surface area contributed by atoms with Gasteiger partial charge >= 0.3 is 0 Å². The van der Waals surface area contributed by atoms with Crippen molar-refractivity contribution < 1.29 is 19.1 Å². The van der Waals surface area contributed by atoms with Crippen LogP contribution in [0.5, 0.6) is 5.75 Å². The van der Waals surface area contributed by atoms with Gasteiger partial charge in [0.05, 0.1) is 24.8 Å². The molecule has 122 valence electrons. The molecule has 0 unspecified atom stereocenters. The normalized spacial score (nSPS) is 20.8. The van der Waals surface area contributed by atoms with Crippen molar-refractivity contribution in [2.24, 2.45) is 0 Å². The van der Waals surface area contributed by atoms with E-state index < -0.39 is 6.10 Å². The number of aryl methyl sites for hydroxylation is 2. The molecular formula is C18H21NO4. The Bertz CT molecular complexity index is 722. The number of aliphatic hydroxyl groups excluding tert-OH is 1. The van der Waals surface area contributed by atoms with Gasteiger partial charge in [-0.05, 0) is 44.0 Å². The number of carbonyl (C=O) groups excluding carboxylic acids is 1. The van der Waals surface area contributed by atoms with Gasteiger partial charge in [0.2, 0.25) is 0 Å². The van der Waals surface area contributed by atoms with Crippen LogP contribution in [0, 0.1) is 13.8 Å². The van der Waals surface area contributed by atoms with Crippen LogP contribution in [0.25, 0.3) is 0 Å². The average molecular weight is 315 g/mol. The maximum absolute atomic E-state index is 12.9. The second kappa shape index (κ2) is 6.08. The van der Waals surface area contributed by atoms with E-state index in [0.717, 1.165) is 11.3 Å². The lowest BCUT2D eigenvalue weighted by atomic mass is 10.0. The van der Waals surface area contributed by atoms with Gasteiger partial charge in [0.25, 0.3) is 5.91 Å². The highest BCUT2D eigenvalue weighted by Crippen LogP contribution is 2.35. The summed E-state index contributed by atoms with van der Waals surface area (Å²) in [5.41, 5.74) is 1.52. The molecule has 2 atom stereocenters. The molecule has 1 N–H and O–H groups in total. The molecule has 1 fully saturated rings. The fourth-order valence-corrected chi connectivity index (χ4v) is 3.20. The van der Waals surface area contributed by atoms with Crippen molar-refractivity contribution in [3.05, 3.63) is 53.0 Å². The summed E-state index contributed by atoms with van der Waals surface area (Å²) in [7, 11) is 1.61. The van der Waals surface area contributed by atoms with E-state index in [1.807, 2.05) is 31.2 Å². The predicted octanol–water partition coefficient (Wildman–Crippen LogP) is 2.85. The van der Waals surface area contributed by atoms with Crippen molar-refractivity contribution in [1.29, 1.82) is 0 Å². The second-order valence-corrected chi connectivity index (χ2v) is 5.97. The van der Waals surface area contributed by atoms with Crippen LogP contribution in [-0.4, -0.2) is 35.7 Å². The number of amides is 1. The first-order chi connectivity index (χ1) is 11.0. The lowest BCUT2D eigenvalue weighted by Crippen LogP contribution is -2.32. The monoisotopic (exact) mass is 315 g/mol. The molecule has 0 saturated carbocycles. The Labute approximate surface area is 135 Å². The first kappa shape index (κ1) is 15.6. The fourth-order valence-electron chi connectivity index (χ4n) is 3.20. The zero-order chi connectivity index (χ0) is 16.6. The zero-order valence-electron chi connectivity index (χ0n) is 13.6. The number of nitrogens with zero attached hydrogens (tertiary/aromatic N) is 1. The first-order valence-electron chi connectivity index (χ1n) is 7.69. The van der Waals surface area contributed by atoms with Crippen LogP contribution in [0.3, 0.4) is 0 Å². The number of hydrogen-bond acceptors (Lipinski definition) is 4. The molecular weight excluding hydrogens is 294 g/mol. The third-order valence-corrected chi connectivity index (χ3v) is 4.29. The minimum absolute atomic E-state index is 0.108. The molecule has 1 aliphatic rings. The third-order valence-electron chi connectivity index (χ3n) is 4.29. The van der Waals surface area contributed by atoms with E-state index in [0.29, 0.717) is 30.0 Å². The molecule has 0 aliphatic carbocycles. The fraction of sp³-hybridized carbons (Fsp3) is 0.389. The summed E-state index contributed by atoms with van der Waals surface area (Å²) >= 11 is 0. The zero-order valence-corrected chi connectivity index (χ0v) is 13.6. The molecule has 2 aromatic rings. The van der Waals surface area contributed by atoms with Crippen LogP contribution in [-0.2, 0) is 0 Å². The molecule has 23 heavy (non-hydrogen) atoms. The van der Waals surface area contributed by atoms with Crippen molar-refractivity contribution in [2.75, 3.05) is 13.7 Å². The van der Waals surface area contributed by atoms with E-state index in [9.17, 15) is 9.90 Å². The Balaban J connectivity index is 1.93. The first-order valence-corrected chi connectivity index (χ1v) is 7.69. The van der Waals surface area contributed by atoms with Crippen LogP contribution < -0.4 is 4.74 Å². The molecule has 5 nitrogen and oxygen atoms in total. The summed E-state index contributed by atoms with van der Waals surface area (Å²) < 4.78 is 10.7. The van der Waals surface area contributed by atoms with E-state index in [2.05, 4.69) is 0 Å². The minimum atomic E-state index is -0.525. The lowest BCUT2D eigenvalue weighted by molar-refractivity contribution is 0.0714. The van der Waals surface area contributed by atoms with Crippen molar-refractivity contribution in [3.8, 4) is 5.75 Å². The summed E-state index contributed by atoms with van der Waals surface area (Å²) in [4.78, 5) is 14.6. The van der Waals surface area contributed by atoms with Gasteiger partial charge in [0, 0.05) is 6.54 Å². The van der Waals surface area contributed by atoms with Gasteiger partial charge in [0.1, 0.15) is 17.3 Å². The average Bonchev–Trinajstić information content (AvgIpc) is 3.09. The number of likely N-dealkylation sites (tertiary alicyclic amines) is 1. The molecule has 0 bridgehead atoms. The van der Waals surface area contributed by atoms with Crippen molar-refractivity contribution >= 4 is 5.91 Å². The molecule has 0 spiro atoms. The Morgan fingerprint density at radius 2 is 2.13 bits per heavy atom. The highest BCUT2D eigenvalue weighted by molar-refractivity contribution is 5.95. The van der Waals surface area contributed by atoms with Crippen LogP contribution in [0.1, 0.15) is 39.9 Å². The molecule has 5 heteroatoms. The van der Waals surface area contributed by atoms with Crippen molar-refractivity contribution in [3.63, 3.8) is 0 Å². The maximum Gasteiger partial charge on any atom is 0.258 e. The Morgan fingerprint density at radius 3 is 2.78 bits per heavy atom. The molecule has 0 radical (unpaired) electrons. The third kappa shape index (κ3) is 2.97. The molecule has 3 rings (SSSR count). The van der Waals surface area contributed by atoms with E-state index in [1.54, 1.807) is 25.0 Å². The standard InChI is InChI=1S/C18H21NO4/c1-11-7-16(12(2)23-11)18(21)19-10-14(20)9-17(19)13-5-4-6-15(8-13)22-3/h4-8,14,17,20H,9-10H2,1-3H3/t14-,17+/m0/s1. The lowest BCUT2D eigenvalue weighted by Gasteiger charge is -2.25. The van der Waals surface area contributed by atoms with Crippen LogP contribution in [0.2, 0.25) is 0 Å². The van der Waals surface area contributed by atoms with Gasteiger partial charge in [-0.3, -0.25) is 4.79 Å². The molecule has 1 amide bonds. The summed E-state index contributed by atoms with van der Waals surface area (Å²) in [5, 5.41) is 10.1. The number of aliphatic hydroxyl groups is 1. The Kier molecular flexibility index (Phi) is 4.13. The highest BCUT2D eigenvalue weighted by atomic mass is 16.5. The van der Waals surface area contributed by atoms with Crippen LogP contribution in [0.15, 0.2) is 34.7 Å². The van der Waals surface area contributed by atoms with Gasteiger partial charge in [-0.15, -0.1) is 0 Å². The minimum Gasteiger partial charge on any atom is -0.497 e. The molecule has 1 aliphatic heterocycles. The smallest absolute Gasteiger partial charge is 0.258 e. The maximum atomic E-state index is 12.9. The van der Waals surface area contributed by atoms with E-state index in [4.69, 9.17) is 9.15 Å². The van der Waals surface area contributed by atoms with Crippen LogP contribution in [0.4, 0.5) is 0 Å². The summed E-state index contributed by atoms with van der Waals surface area (Å²) in [6, 6.07) is 9.22. The summed E-state index contributed by atoms with van der Waals surface area (Å²) in [5.74, 6) is 1.96. The van der Waals surface area contributed by atoms with E-state index in [1.165, 1.54) is 0 Å². The quantitative estimate of drug-likeness (QED) is 0.946. The summed E-state index contributed by atoms with van der Waals surface area (Å²) in [6.45, 7) is 3.93. The topological polar surface area (TPSA) is 62.9 Å². The SMILES string of the molecule is COc1cccc([C@H]2C[C@H](O)CN2C(=O)c2cc(C)oc2C)c1. The predicted molar refractivity (Wildman–Crippen MR) is 85.6 cm³/mol. The highest BCUT2D eigenvalue weighted by Gasteiger charge is 2.36. The van der Waals surface area contributed by atoms with Gasteiger partial charge in [0.15, 0.2) is 0 Å². The van der Waals surface area contributed by atoms with Crippen LogP contribution >= 0.6 is 0 Å². The van der Waals surface area contributed by atoms with Gasteiger partial charge in [-0.25, -0.2) is 0 Å². The molecule has 1 aromatic carbocycles. The second-order valence-electron chi connectivity index (χ2n) is 5.97. The van der Waals surface area contributed by atoms with Crippen molar-refractivity contribution in [2.45, 2.75) is 32.4 Å². The number of benzene rings is 1. The number of hydrogen-bond donors (Lipinski definition) is 1. The van der Waals surface area contributed by atoms with Gasteiger partial charge in [-0.1, -0.05) is 12.1 Å². The van der Waals surface area contributed by atoms with Crippen molar-refractivity contribution in [1.82, 2.24) is 4.90 Å². The largest absolute Gasteiger partial charge is 0.497 e. The Hall–Kier alpha value is -2.27. The molecule has 2 heterocycles. The molecule has 1 saturated heterocycles. The Morgan fingerprint density at radius 1 is 1.35 bits per heavy atom. The number of ether oxygens (including phenoxy) is 1. The number of β-amino-alcohol motifs (C(OH)–C–C–N with tert-alkyl or cyclic N) is 1.